The summed E-state index contributed by atoms with van der Waals surface area (Å²) in [5.74, 6) is -5.50. The maximum atomic E-state index is 12.6. The number of hydrogen-bond donors (Lipinski definition) is 0. The smallest absolute Gasteiger partial charge is 0.333 e. The molecule has 0 N–H and O–H groups in total. The molecule has 10 atom stereocenters. The maximum Gasteiger partial charge on any atom is 0.333 e. The number of esters is 8. The van der Waals surface area contributed by atoms with Gasteiger partial charge < -0.3 is 51.6 Å². The average Bonchev–Trinajstić information content (AvgIpc) is 1.64. The van der Waals surface area contributed by atoms with Crippen LogP contribution >= 0.6 is 0 Å². The molecular weight excluding hydrogens is 1260 g/mol. The van der Waals surface area contributed by atoms with E-state index in [-0.39, 0.29) is 78.0 Å². The Kier molecular flexibility index (Phi) is 26.5. The topological polar surface area (TPSA) is 399 Å². The van der Waals surface area contributed by atoms with Crippen LogP contribution in [0.5, 0.6) is 0 Å². The van der Waals surface area contributed by atoms with Gasteiger partial charge in [0.1, 0.15) is 42.9 Å². The number of Topliss-reactive ketones (excluding diaryl/α,β-unsaturated/α-hetero) is 1. The Morgan fingerprint density at radius 3 is 1.49 bits per heavy atom. The zero-order valence-electron chi connectivity index (χ0n) is 52.7. The number of carbonyl (C=O) groups is 9. The van der Waals surface area contributed by atoms with Crippen LogP contribution in [-0.2, 0) is 111 Å². The first-order chi connectivity index (χ1) is 42.2. The lowest BCUT2D eigenvalue weighted by Crippen LogP contribution is -2.60. The highest BCUT2D eigenvalue weighted by atomic mass is 32.2. The Bertz CT molecular complexity index is 3130. The summed E-state index contributed by atoms with van der Waals surface area (Å²) in [6.07, 6.45) is 13.4. The van der Waals surface area contributed by atoms with E-state index in [4.69, 9.17) is 33.2 Å². The summed E-state index contributed by atoms with van der Waals surface area (Å²) < 4.78 is 135. The fraction of sp³-hybridized carbons (Fsp3) is 0.726. The second-order valence-corrected chi connectivity index (χ2v) is 30.5. The van der Waals surface area contributed by atoms with Gasteiger partial charge in [-0.2, -0.15) is 0 Å². The summed E-state index contributed by atoms with van der Waals surface area (Å²) in [7, 11) is -11.8. The third kappa shape index (κ3) is 21.6. The van der Waals surface area contributed by atoms with Crippen molar-refractivity contribution in [3.8, 4) is 0 Å². The number of hydrogen-bond acceptors (Lipinski definition) is 26. The number of ether oxygens (including phenoxy) is 8. The summed E-state index contributed by atoms with van der Waals surface area (Å²) >= 11 is 0. The number of methoxy groups -OCH3 is 1. The Balaban J connectivity index is 0.000000215. The van der Waals surface area contributed by atoms with Gasteiger partial charge in [-0.15, -0.1) is 0 Å². The number of ketones is 1. The van der Waals surface area contributed by atoms with E-state index in [0.29, 0.717) is 91.9 Å². The van der Waals surface area contributed by atoms with Gasteiger partial charge in [-0.05, 0) is 154 Å². The standard InChI is InChI=1S/C18H26O4.C16H20O8S.C13H20O7S.C10H16O5S.C5H8O2/c1-4-5-21-16(20)17-7-13-6-14(8-17)10-18(9-13,11-17)22-15(19)12(2)3;1-8(2)14(18)24-16-6-9-5-10(16)13(11(17)7-16)12(9)15(19)23-3-4-25(20,21)22;1-9(2)12(14)20-11-5-3-10(4-6-11)13(15)19-7-8-21(16,17)18;11-10(15-3-4-16(12,13)14)9-6-7-1-2-8(9)5-7;1-4(2)5(6)7-3/h13-14H,2,4-11H2,1,3H3;9-10,12-13H,1,3-7H2,2H3,(H,20,21,22);10-11H,1,3-8H2,2H3,(H,16,17,18);7-9H,1-6H2,(H,12,13,14);1H2,2-3H3/p-3. The summed E-state index contributed by atoms with van der Waals surface area (Å²) in [5, 5.41) is 0. The van der Waals surface area contributed by atoms with Gasteiger partial charge in [0.25, 0.3) is 0 Å². The Morgan fingerprint density at radius 1 is 0.538 bits per heavy atom. The predicted molar refractivity (Wildman–Crippen MR) is 317 cm³/mol. The quantitative estimate of drug-likeness (QED) is 0.0552. The summed E-state index contributed by atoms with van der Waals surface area (Å²) in [6, 6.07) is 0. The molecule has 0 aromatic heterocycles. The van der Waals surface area contributed by atoms with Crippen molar-refractivity contribution in [1.29, 1.82) is 0 Å². The fourth-order valence-corrected chi connectivity index (χ4v) is 15.8. The zero-order chi connectivity index (χ0) is 68.2. The molecule has 10 saturated carbocycles. The van der Waals surface area contributed by atoms with Gasteiger partial charge in [0.2, 0.25) is 0 Å². The molecule has 512 valence electrons. The Morgan fingerprint density at radius 2 is 1.04 bits per heavy atom. The lowest BCUT2D eigenvalue weighted by molar-refractivity contribution is -0.210. The lowest BCUT2D eigenvalue weighted by atomic mass is 9.48. The van der Waals surface area contributed by atoms with E-state index in [2.05, 4.69) is 31.1 Å². The molecule has 10 aliphatic carbocycles. The number of rotatable bonds is 22. The lowest BCUT2D eigenvalue weighted by Gasteiger charge is -2.59. The van der Waals surface area contributed by atoms with Crippen molar-refractivity contribution in [2.75, 3.05) is 50.8 Å². The third-order valence-corrected chi connectivity index (χ3v) is 20.4. The minimum Gasteiger partial charge on any atom is -0.748 e. The van der Waals surface area contributed by atoms with E-state index in [1.165, 1.54) is 20.5 Å². The summed E-state index contributed by atoms with van der Waals surface area (Å²) in [4.78, 5) is 106. The van der Waals surface area contributed by atoms with Gasteiger partial charge in [-0.1, -0.05) is 39.7 Å². The van der Waals surface area contributed by atoms with Crippen molar-refractivity contribution in [1.82, 2.24) is 0 Å². The number of fused-ring (bicyclic) bond motifs is 3. The molecule has 29 heteroatoms. The van der Waals surface area contributed by atoms with Crippen molar-refractivity contribution in [2.24, 2.45) is 64.6 Å². The van der Waals surface area contributed by atoms with Gasteiger partial charge in [0, 0.05) is 47.0 Å². The average molecular weight is 1340 g/mol. The number of carbonyl (C=O) groups excluding carboxylic acids is 9. The van der Waals surface area contributed by atoms with Crippen molar-refractivity contribution >= 4 is 83.9 Å². The molecule has 91 heavy (non-hydrogen) atoms. The third-order valence-electron chi connectivity index (χ3n) is 18.4. The summed E-state index contributed by atoms with van der Waals surface area (Å²) in [5.41, 5.74) is -0.309. The molecule has 0 heterocycles. The van der Waals surface area contributed by atoms with E-state index in [1.54, 1.807) is 20.8 Å². The molecule has 0 radical (unpaired) electrons. The Labute approximate surface area is 532 Å². The normalized spacial score (nSPS) is 30.7. The first-order valence-corrected chi connectivity index (χ1v) is 35.4. The van der Waals surface area contributed by atoms with Gasteiger partial charge in [0.05, 0.1) is 84.5 Å². The van der Waals surface area contributed by atoms with E-state index >= 15 is 0 Å². The van der Waals surface area contributed by atoms with Crippen LogP contribution in [0.4, 0.5) is 0 Å². The Hall–Kier alpha value is -5.88. The minimum atomic E-state index is -4.47. The first-order valence-electron chi connectivity index (χ1n) is 30.6. The van der Waals surface area contributed by atoms with Gasteiger partial charge in [-0.3, -0.25) is 24.0 Å². The van der Waals surface area contributed by atoms with Crippen LogP contribution in [0.25, 0.3) is 0 Å². The van der Waals surface area contributed by atoms with Crippen molar-refractivity contribution in [3.63, 3.8) is 0 Å². The monoisotopic (exact) mass is 1340 g/mol. The SMILES string of the molecule is C=C(C)C(=O)OC.C=C(C)C(=O)OC12CC(=O)C3C(C(=O)OCCS(=O)(=O)[O-])C(CC31)C2.C=C(C)C(=O)OC12CC3CC(C1)CC(C(=O)OCCC)(C3)C2.C=C(C)C(=O)OC1CCC(C(=O)OCCS(=O)(=O)[O-])CC1.O=C(OCCS(=O)(=O)[O-])C1CC2CCC1C2. The highest BCUT2D eigenvalue weighted by Gasteiger charge is 2.71. The van der Waals surface area contributed by atoms with Gasteiger partial charge in [0.15, 0.2) is 0 Å². The minimum absolute atomic E-state index is 0.0619. The van der Waals surface area contributed by atoms with Crippen LogP contribution in [0.1, 0.15) is 150 Å². The molecule has 0 spiro atoms. The molecular formula is C62H87O26S3-3. The first kappa shape index (κ1) is 75.8. The van der Waals surface area contributed by atoms with Crippen LogP contribution in [-0.4, -0.2) is 161 Å². The van der Waals surface area contributed by atoms with E-state index in [1.807, 2.05) is 6.92 Å². The van der Waals surface area contributed by atoms with E-state index in [0.717, 1.165) is 57.8 Å². The second-order valence-electron chi connectivity index (χ2n) is 26.0. The highest BCUT2D eigenvalue weighted by Crippen LogP contribution is 2.65. The van der Waals surface area contributed by atoms with Crippen molar-refractivity contribution in [3.05, 3.63) is 48.6 Å². The van der Waals surface area contributed by atoms with Crippen LogP contribution < -0.4 is 0 Å². The van der Waals surface area contributed by atoms with Crippen molar-refractivity contribution in [2.45, 2.75) is 167 Å². The van der Waals surface area contributed by atoms with Gasteiger partial charge in [-0.25, -0.2) is 44.4 Å². The van der Waals surface area contributed by atoms with Crippen LogP contribution in [0.3, 0.4) is 0 Å². The summed E-state index contributed by atoms with van der Waals surface area (Å²) in [6.45, 7) is 21.7. The highest BCUT2D eigenvalue weighted by molar-refractivity contribution is 7.86. The zero-order valence-corrected chi connectivity index (χ0v) is 55.1. The van der Waals surface area contributed by atoms with Crippen LogP contribution in [0.15, 0.2) is 48.6 Å². The molecule has 10 rings (SSSR count). The second kappa shape index (κ2) is 31.8. The molecule has 26 nitrogen and oxygen atoms in total. The van der Waals surface area contributed by atoms with E-state index in [9.17, 15) is 82.1 Å². The molecule has 0 aliphatic heterocycles. The molecule has 0 aromatic carbocycles. The van der Waals surface area contributed by atoms with Crippen molar-refractivity contribution < 1.29 is 120 Å². The maximum absolute atomic E-state index is 12.6. The molecule has 8 bridgehead atoms. The fourth-order valence-electron chi connectivity index (χ4n) is 14.9. The van der Waals surface area contributed by atoms with E-state index < -0.39 is 113 Å². The predicted octanol–water partition coefficient (Wildman–Crippen LogP) is 5.58. The van der Waals surface area contributed by atoms with Gasteiger partial charge >= 0.3 is 47.8 Å². The molecule has 0 saturated heterocycles. The molecule has 0 aromatic rings. The van der Waals surface area contributed by atoms with Crippen LogP contribution in [0.2, 0.25) is 0 Å². The largest absolute Gasteiger partial charge is 0.748 e. The molecule has 10 fully saturated rings. The molecule has 10 unspecified atom stereocenters. The van der Waals surface area contributed by atoms with Crippen LogP contribution in [0, 0.1) is 64.6 Å². The molecule has 10 aliphatic rings. The molecule has 0 amide bonds.